The highest BCUT2D eigenvalue weighted by Crippen LogP contribution is 2.26. The molecule has 0 aliphatic heterocycles. The Labute approximate surface area is 154 Å². The topological polar surface area (TPSA) is 38.7 Å². The van der Waals surface area contributed by atoms with E-state index in [1.54, 1.807) is 0 Å². The highest BCUT2D eigenvalue weighted by Gasteiger charge is 2.09. The van der Waals surface area contributed by atoms with Crippen LogP contribution in [-0.4, -0.2) is 15.0 Å². The van der Waals surface area contributed by atoms with Gasteiger partial charge < -0.3 is 0 Å². The van der Waals surface area contributed by atoms with Crippen molar-refractivity contribution in [3.8, 4) is 33.9 Å². The molecular formula is C21H14BrN3. The molecule has 0 saturated carbocycles. The summed E-state index contributed by atoms with van der Waals surface area (Å²) >= 11 is 3.41. The summed E-state index contributed by atoms with van der Waals surface area (Å²) in [7, 11) is 0. The Kier molecular flexibility index (Phi) is 4.36. The Morgan fingerprint density at radius 3 is 1.68 bits per heavy atom. The Hall–Kier alpha value is -2.85. The molecule has 1 heterocycles. The Morgan fingerprint density at radius 2 is 1.00 bits per heavy atom. The van der Waals surface area contributed by atoms with Gasteiger partial charge in [0.15, 0.2) is 11.6 Å². The van der Waals surface area contributed by atoms with Crippen LogP contribution in [0.25, 0.3) is 33.9 Å². The van der Waals surface area contributed by atoms with E-state index in [1.807, 2.05) is 60.7 Å². The molecule has 3 nitrogen and oxygen atoms in total. The van der Waals surface area contributed by atoms with Crippen LogP contribution in [0.1, 0.15) is 0 Å². The second kappa shape index (κ2) is 6.95. The van der Waals surface area contributed by atoms with E-state index < -0.39 is 0 Å². The molecule has 0 atom stereocenters. The summed E-state index contributed by atoms with van der Waals surface area (Å²) in [6, 6.07) is 28.4. The second-order valence-electron chi connectivity index (χ2n) is 5.56. The highest BCUT2D eigenvalue weighted by molar-refractivity contribution is 9.10. The highest BCUT2D eigenvalue weighted by atomic mass is 79.9. The lowest BCUT2D eigenvalue weighted by molar-refractivity contribution is 1.03. The third-order valence-corrected chi connectivity index (χ3v) is 4.22. The van der Waals surface area contributed by atoms with Crippen LogP contribution < -0.4 is 0 Å². The van der Waals surface area contributed by atoms with Crippen molar-refractivity contribution in [3.05, 3.63) is 89.7 Å². The summed E-state index contributed by atoms with van der Waals surface area (Å²) in [6.45, 7) is 0. The Balaban J connectivity index is 1.79. The number of hydrogen-bond donors (Lipinski definition) is 0. The Bertz CT molecular complexity index is 1000. The predicted molar refractivity (Wildman–Crippen MR) is 104 cm³/mol. The zero-order chi connectivity index (χ0) is 17.1. The van der Waals surface area contributed by atoms with E-state index in [0.29, 0.717) is 16.4 Å². The molecule has 0 saturated heterocycles. The first kappa shape index (κ1) is 15.7. The number of benzene rings is 3. The second-order valence-corrected chi connectivity index (χ2v) is 6.27. The van der Waals surface area contributed by atoms with Crippen molar-refractivity contribution < 1.29 is 0 Å². The van der Waals surface area contributed by atoms with Gasteiger partial charge in [0.05, 0.1) is 0 Å². The molecule has 3 aromatic carbocycles. The Morgan fingerprint density at radius 1 is 0.480 bits per heavy atom. The predicted octanol–water partition coefficient (Wildman–Crippen LogP) is 5.64. The maximum Gasteiger partial charge on any atom is 0.200 e. The quantitative estimate of drug-likeness (QED) is 0.456. The van der Waals surface area contributed by atoms with E-state index in [-0.39, 0.29) is 0 Å². The normalized spacial score (nSPS) is 10.6. The minimum Gasteiger partial charge on any atom is -0.208 e. The molecule has 0 N–H and O–H groups in total. The monoisotopic (exact) mass is 387 g/mol. The van der Waals surface area contributed by atoms with Crippen LogP contribution in [0.4, 0.5) is 0 Å². The number of halogens is 1. The lowest BCUT2D eigenvalue weighted by atomic mass is 10.0. The van der Waals surface area contributed by atoms with E-state index in [1.165, 1.54) is 5.56 Å². The third-order valence-electron chi connectivity index (χ3n) is 3.87. The van der Waals surface area contributed by atoms with Gasteiger partial charge in [-0.25, -0.2) is 15.0 Å². The summed E-state index contributed by atoms with van der Waals surface area (Å²) in [5.74, 6) is 1.31. The molecule has 0 amide bonds. The van der Waals surface area contributed by atoms with Crippen molar-refractivity contribution in [2.45, 2.75) is 0 Å². The summed E-state index contributed by atoms with van der Waals surface area (Å²) < 4.78 is 0.529. The standard InChI is InChI=1S/C21H14BrN3/c22-21-24-19(16-10-5-2-6-11-16)23-20(25-21)18-13-7-12-17(14-18)15-8-3-1-4-9-15/h1-14H. The van der Waals surface area contributed by atoms with Gasteiger partial charge in [0.25, 0.3) is 0 Å². The maximum absolute atomic E-state index is 4.66. The number of hydrogen-bond acceptors (Lipinski definition) is 3. The van der Waals surface area contributed by atoms with E-state index in [9.17, 15) is 0 Å². The fourth-order valence-corrected chi connectivity index (χ4v) is 3.00. The van der Waals surface area contributed by atoms with E-state index >= 15 is 0 Å². The van der Waals surface area contributed by atoms with Gasteiger partial charge >= 0.3 is 0 Å². The molecule has 0 bridgehead atoms. The van der Waals surface area contributed by atoms with Crippen LogP contribution in [0.3, 0.4) is 0 Å². The van der Waals surface area contributed by atoms with Gasteiger partial charge in [-0.15, -0.1) is 0 Å². The first-order valence-corrected chi connectivity index (χ1v) is 8.72. The molecular weight excluding hydrogens is 374 g/mol. The largest absolute Gasteiger partial charge is 0.208 e. The van der Waals surface area contributed by atoms with Crippen LogP contribution in [-0.2, 0) is 0 Å². The van der Waals surface area contributed by atoms with Gasteiger partial charge in [0, 0.05) is 11.1 Å². The van der Waals surface area contributed by atoms with Gasteiger partial charge in [0.1, 0.15) is 0 Å². The van der Waals surface area contributed by atoms with Crippen LogP contribution in [0.2, 0.25) is 0 Å². The van der Waals surface area contributed by atoms with Crippen molar-refractivity contribution in [3.63, 3.8) is 0 Å². The zero-order valence-corrected chi connectivity index (χ0v) is 14.9. The fraction of sp³-hybridized carbons (Fsp3) is 0. The van der Waals surface area contributed by atoms with Crippen LogP contribution >= 0.6 is 15.9 Å². The molecule has 1 aromatic heterocycles. The molecule has 0 spiro atoms. The number of rotatable bonds is 3. The van der Waals surface area contributed by atoms with Crippen LogP contribution in [0.5, 0.6) is 0 Å². The molecule has 25 heavy (non-hydrogen) atoms. The van der Waals surface area contributed by atoms with Gasteiger partial charge in [-0.1, -0.05) is 78.9 Å². The minimum absolute atomic E-state index is 0.529. The number of aromatic nitrogens is 3. The molecule has 4 aromatic rings. The van der Waals surface area contributed by atoms with Crippen molar-refractivity contribution in [2.24, 2.45) is 0 Å². The first-order chi connectivity index (χ1) is 12.3. The molecule has 4 rings (SSSR count). The lowest BCUT2D eigenvalue weighted by Crippen LogP contribution is -1.97. The molecule has 0 aliphatic carbocycles. The van der Waals surface area contributed by atoms with Crippen LogP contribution in [0.15, 0.2) is 89.7 Å². The van der Waals surface area contributed by atoms with Gasteiger partial charge in [0.2, 0.25) is 4.73 Å². The zero-order valence-electron chi connectivity index (χ0n) is 13.3. The van der Waals surface area contributed by atoms with Crippen molar-refractivity contribution in [1.82, 2.24) is 15.0 Å². The molecule has 0 unspecified atom stereocenters. The van der Waals surface area contributed by atoms with Crippen molar-refractivity contribution >= 4 is 15.9 Å². The van der Waals surface area contributed by atoms with Crippen molar-refractivity contribution in [2.75, 3.05) is 0 Å². The number of nitrogens with zero attached hydrogens (tertiary/aromatic N) is 3. The molecule has 0 aliphatic rings. The van der Waals surface area contributed by atoms with E-state index in [2.05, 4.69) is 55.1 Å². The average Bonchev–Trinajstić information content (AvgIpc) is 2.69. The van der Waals surface area contributed by atoms with E-state index in [4.69, 9.17) is 0 Å². The van der Waals surface area contributed by atoms with Crippen LogP contribution in [0, 0.1) is 0 Å². The summed E-state index contributed by atoms with van der Waals surface area (Å²) in [5.41, 5.74) is 4.23. The summed E-state index contributed by atoms with van der Waals surface area (Å²) in [5, 5.41) is 0. The fourth-order valence-electron chi connectivity index (χ4n) is 2.66. The summed E-state index contributed by atoms with van der Waals surface area (Å²) in [6.07, 6.45) is 0. The lowest BCUT2D eigenvalue weighted by Gasteiger charge is -2.07. The van der Waals surface area contributed by atoms with Gasteiger partial charge in [-0.3, -0.25) is 0 Å². The smallest absolute Gasteiger partial charge is 0.200 e. The maximum atomic E-state index is 4.66. The van der Waals surface area contributed by atoms with Crippen molar-refractivity contribution in [1.29, 1.82) is 0 Å². The van der Waals surface area contributed by atoms with E-state index in [0.717, 1.165) is 16.7 Å². The third kappa shape index (κ3) is 3.49. The average molecular weight is 388 g/mol. The summed E-state index contributed by atoms with van der Waals surface area (Å²) in [4.78, 5) is 13.5. The first-order valence-electron chi connectivity index (χ1n) is 7.92. The molecule has 0 radical (unpaired) electrons. The SMILES string of the molecule is Brc1nc(-c2ccccc2)nc(-c2cccc(-c3ccccc3)c2)n1. The van der Waals surface area contributed by atoms with Gasteiger partial charge in [-0.2, -0.15) is 0 Å². The molecule has 0 fully saturated rings. The molecule has 120 valence electrons. The van der Waals surface area contributed by atoms with Gasteiger partial charge in [-0.05, 0) is 33.1 Å². The minimum atomic E-state index is 0.529. The molecule has 4 heteroatoms.